The average Bonchev–Trinajstić information content (AvgIpc) is 3.06. The molecule has 1 fully saturated rings. The number of rotatable bonds is 7. The van der Waals surface area contributed by atoms with Crippen LogP contribution in [0.5, 0.6) is 11.5 Å². The first-order valence-corrected chi connectivity index (χ1v) is 15.7. The van der Waals surface area contributed by atoms with E-state index < -0.39 is 25.1 Å². The van der Waals surface area contributed by atoms with Crippen LogP contribution in [0.25, 0.3) is 16.8 Å². The molecule has 1 heterocycles. The van der Waals surface area contributed by atoms with E-state index >= 15 is 0 Å². The first-order chi connectivity index (χ1) is 21.9. The van der Waals surface area contributed by atoms with E-state index in [1.807, 2.05) is 60.7 Å². The van der Waals surface area contributed by atoms with Gasteiger partial charge in [0.15, 0.2) is 11.6 Å². The van der Waals surface area contributed by atoms with Gasteiger partial charge in [0.1, 0.15) is 18.1 Å². The summed E-state index contributed by atoms with van der Waals surface area (Å²) in [5.74, 6) is -0.402. The Kier molecular flexibility index (Phi) is 7.90. The van der Waals surface area contributed by atoms with Crippen LogP contribution in [0.4, 0.5) is 0 Å². The van der Waals surface area contributed by atoms with E-state index in [1.165, 1.54) is 0 Å². The summed E-state index contributed by atoms with van der Waals surface area (Å²) in [4.78, 5) is 27.8. The summed E-state index contributed by atoms with van der Waals surface area (Å²) in [6.07, 6.45) is 3.69. The second-order valence-corrected chi connectivity index (χ2v) is 12.4. The molecule has 1 saturated heterocycles. The molecule has 4 aromatic carbocycles. The highest BCUT2D eigenvalue weighted by atomic mass is 16.5. The maximum Gasteiger partial charge on any atom is 0.455 e. The molecule has 0 bridgehead atoms. The molecule has 45 heavy (non-hydrogen) atoms. The molecular formula is C38H35BO6. The Morgan fingerprint density at radius 2 is 1.58 bits per heavy atom. The number of ketones is 2. The fraction of sp³-hybridized carbons (Fsp3) is 0.263. The Hall–Kier alpha value is -4.46. The van der Waals surface area contributed by atoms with Gasteiger partial charge < -0.3 is 19.5 Å². The zero-order chi connectivity index (χ0) is 31.1. The minimum absolute atomic E-state index is 0.0103. The fourth-order valence-corrected chi connectivity index (χ4v) is 7.62. The van der Waals surface area contributed by atoms with Crippen molar-refractivity contribution in [2.75, 3.05) is 6.61 Å². The SMILES string of the molecule is C/C(=C\c1ccc(O)c2ccccc12)CC[C@H]1OB(O)C[C@H]2C1=C(COc1ccccc1)C[C@H]1C(=O)c3ccccc3C(=O)[C@H]12. The van der Waals surface area contributed by atoms with Crippen molar-refractivity contribution < 1.29 is 29.1 Å². The van der Waals surface area contributed by atoms with E-state index in [0.29, 0.717) is 30.4 Å². The molecule has 0 spiro atoms. The molecule has 0 unspecified atom stereocenters. The topological polar surface area (TPSA) is 93.1 Å². The lowest BCUT2D eigenvalue weighted by atomic mass is 9.54. The van der Waals surface area contributed by atoms with Crippen molar-refractivity contribution in [3.05, 3.63) is 124 Å². The summed E-state index contributed by atoms with van der Waals surface area (Å²) in [5, 5.41) is 23.1. The van der Waals surface area contributed by atoms with Crippen LogP contribution in [-0.4, -0.2) is 41.5 Å². The summed E-state index contributed by atoms with van der Waals surface area (Å²) in [7, 11) is -1.04. The van der Waals surface area contributed by atoms with E-state index in [-0.39, 0.29) is 36.2 Å². The van der Waals surface area contributed by atoms with Crippen LogP contribution >= 0.6 is 0 Å². The third-order valence-corrected chi connectivity index (χ3v) is 9.66. The van der Waals surface area contributed by atoms with Crippen LogP contribution in [-0.2, 0) is 4.65 Å². The standard InChI is InChI=1S/C38H35BO6/c1-23(19-24-16-17-33(40)28-12-6-5-11-27(24)28)15-18-34-35-25(22-44-26-9-3-2-4-10-26)20-31-36(32(35)21-39(43)45-34)38(42)30-14-8-7-13-29(30)37(31)41/h2-14,16-17,19,31-32,34,36,40,43H,15,18,20-22H2,1H3/b23-19+/t31-,32+,34-,36-/m1/s1. The summed E-state index contributed by atoms with van der Waals surface area (Å²) in [6, 6.07) is 28.1. The third kappa shape index (κ3) is 5.51. The Morgan fingerprint density at radius 3 is 2.36 bits per heavy atom. The van der Waals surface area contributed by atoms with Gasteiger partial charge in [0, 0.05) is 28.3 Å². The number of carbonyl (C=O) groups is 2. The molecule has 4 aromatic rings. The lowest BCUT2D eigenvalue weighted by Crippen LogP contribution is -2.51. The molecule has 7 rings (SSSR count). The van der Waals surface area contributed by atoms with Crippen molar-refractivity contribution in [2.24, 2.45) is 17.8 Å². The summed E-state index contributed by atoms with van der Waals surface area (Å²) >= 11 is 0. The van der Waals surface area contributed by atoms with Gasteiger partial charge in [0.2, 0.25) is 0 Å². The monoisotopic (exact) mass is 598 g/mol. The van der Waals surface area contributed by atoms with Gasteiger partial charge in [-0.25, -0.2) is 0 Å². The Morgan fingerprint density at radius 1 is 0.889 bits per heavy atom. The third-order valence-electron chi connectivity index (χ3n) is 9.66. The van der Waals surface area contributed by atoms with Crippen LogP contribution in [0, 0.1) is 17.8 Å². The van der Waals surface area contributed by atoms with Crippen molar-refractivity contribution in [3.63, 3.8) is 0 Å². The predicted octanol–water partition coefficient (Wildman–Crippen LogP) is 7.32. The Labute approximate surface area is 263 Å². The van der Waals surface area contributed by atoms with Crippen molar-refractivity contribution in [1.29, 1.82) is 0 Å². The summed E-state index contributed by atoms with van der Waals surface area (Å²) < 4.78 is 12.5. The number of carbonyl (C=O) groups excluding carboxylic acids is 2. The van der Waals surface area contributed by atoms with Crippen LogP contribution in [0.2, 0.25) is 6.32 Å². The van der Waals surface area contributed by atoms with Gasteiger partial charge in [-0.2, -0.15) is 0 Å². The van der Waals surface area contributed by atoms with Crippen LogP contribution in [0.3, 0.4) is 0 Å². The minimum Gasteiger partial charge on any atom is -0.507 e. The van der Waals surface area contributed by atoms with Gasteiger partial charge in [-0.3, -0.25) is 9.59 Å². The van der Waals surface area contributed by atoms with Crippen molar-refractivity contribution in [3.8, 4) is 11.5 Å². The van der Waals surface area contributed by atoms with Gasteiger partial charge in [0.05, 0.1) is 6.10 Å². The molecule has 2 N–H and O–H groups in total. The number of fused-ring (bicyclic) bond motifs is 5. The molecule has 4 atom stereocenters. The molecular weight excluding hydrogens is 563 g/mol. The zero-order valence-electron chi connectivity index (χ0n) is 25.2. The van der Waals surface area contributed by atoms with Crippen LogP contribution in [0.15, 0.2) is 108 Å². The van der Waals surface area contributed by atoms with Gasteiger partial charge >= 0.3 is 7.12 Å². The molecule has 226 valence electrons. The number of aromatic hydroxyl groups is 1. The second kappa shape index (κ2) is 12.1. The van der Waals surface area contributed by atoms with Crippen LogP contribution < -0.4 is 4.74 Å². The second-order valence-electron chi connectivity index (χ2n) is 12.4. The number of benzene rings is 4. The van der Waals surface area contributed by atoms with E-state index in [9.17, 15) is 19.7 Å². The Bertz CT molecular complexity index is 1840. The highest BCUT2D eigenvalue weighted by molar-refractivity contribution is 6.43. The molecule has 3 aliphatic rings. The molecule has 6 nitrogen and oxygen atoms in total. The maximum absolute atomic E-state index is 14.0. The molecule has 0 amide bonds. The largest absolute Gasteiger partial charge is 0.507 e. The zero-order valence-corrected chi connectivity index (χ0v) is 25.2. The number of phenols is 1. The predicted molar refractivity (Wildman–Crippen MR) is 175 cm³/mol. The number of allylic oxidation sites excluding steroid dienone is 1. The lowest BCUT2D eigenvalue weighted by Gasteiger charge is -2.47. The van der Waals surface area contributed by atoms with Gasteiger partial charge in [-0.05, 0) is 78.7 Å². The molecule has 0 saturated carbocycles. The minimum atomic E-state index is -1.04. The number of para-hydroxylation sites is 1. The van der Waals surface area contributed by atoms with Gasteiger partial charge in [-0.15, -0.1) is 0 Å². The Balaban J connectivity index is 1.22. The lowest BCUT2D eigenvalue weighted by molar-refractivity contribution is 0.0592. The normalized spacial score (nSPS) is 23.1. The maximum atomic E-state index is 14.0. The average molecular weight is 599 g/mol. The number of ether oxygens (including phenoxy) is 1. The van der Waals surface area contributed by atoms with E-state index in [2.05, 4.69) is 13.0 Å². The molecule has 2 aliphatic carbocycles. The summed E-state index contributed by atoms with van der Waals surface area (Å²) in [5.41, 5.74) is 5.09. The van der Waals surface area contributed by atoms with E-state index in [0.717, 1.165) is 38.8 Å². The highest BCUT2D eigenvalue weighted by Crippen LogP contribution is 2.51. The molecule has 0 radical (unpaired) electrons. The summed E-state index contributed by atoms with van der Waals surface area (Å²) in [6.45, 7) is 2.36. The molecule has 0 aromatic heterocycles. The van der Waals surface area contributed by atoms with E-state index in [4.69, 9.17) is 9.39 Å². The number of Topliss-reactive ketones (excluding diaryl/α,β-unsaturated/α-hetero) is 2. The fourth-order valence-electron chi connectivity index (χ4n) is 7.62. The highest BCUT2D eigenvalue weighted by Gasteiger charge is 2.53. The number of phenolic OH excluding ortho intramolecular Hbond substituents is 1. The van der Waals surface area contributed by atoms with Gasteiger partial charge in [0.25, 0.3) is 0 Å². The number of hydrogen-bond acceptors (Lipinski definition) is 6. The van der Waals surface area contributed by atoms with Crippen molar-refractivity contribution in [2.45, 2.75) is 38.6 Å². The van der Waals surface area contributed by atoms with Crippen molar-refractivity contribution >= 4 is 35.5 Å². The molecule has 7 heteroatoms. The first kappa shape index (κ1) is 29.3. The van der Waals surface area contributed by atoms with Gasteiger partial charge in [-0.1, -0.05) is 84.4 Å². The van der Waals surface area contributed by atoms with Crippen molar-refractivity contribution in [1.82, 2.24) is 0 Å². The first-order valence-electron chi connectivity index (χ1n) is 15.7. The number of hydrogen-bond donors (Lipinski definition) is 2. The smallest absolute Gasteiger partial charge is 0.455 e. The molecule has 1 aliphatic heterocycles. The van der Waals surface area contributed by atoms with Crippen LogP contribution in [0.1, 0.15) is 52.5 Å². The van der Waals surface area contributed by atoms with E-state index in [1.54, 1.807) is 30.3 Å². The quantitative estimate of drug-likeness (QED) is 0.171.